The number of hydrogen-bond acceptors (Lipinski definition) is 5. The molecule has 0 spiro atoms. The zero-order chi connectivity index (χ0) is 20.8. The van der Waals surface area contributed by atoms with Gasteiger partial charge in [-0.2, -0.15) is 0 Å². The van der Waals surface area contributed by atoms with Gasteiger partial charge in [0.25, 0.3) is 0 Å². The highest BCUT2D eigenvalue weighted by molar-refractivity contribution is 14.0. The molecule has 0 aliphatic heterocycles. The second-order valence-electron chi connectivity index (χ2n) is 6.54. The van der Waals surface area contributed by atoms with Crippen LogP contribution in [-0.4, -0.2) is 31.8 Å². The average Bonchev–Trinajstić information content (AvgIpc) is 3.06. The molecule has 0 saturated carbocycles. The van der Waals surface area contributed by atoms with E-state index in [-0.39, 0.29) is 29.7 Å². The first-order valence-corrected chi connectivity index (χ1v) is 9.50. The van der Waals surface area contributed by atoms with Crippen molar-refractivity contribution in [3.63, 3.8) is 0 Å². The zero-order valence-corrected chi connectivity index (χ0v) is 19.9. The molecule has 0 atom stereocenters. The molecule has 0 aliphatic carbocycles. The normalized spacial score (nSPS) is 11.1. The summed E-state index contributed by atoms with van der Waals surface area (Å²) in [6, 6.07) is 11.5. The fourth-order valence-electron chi connectivity index (χ4n) is 3.11. The van der Waals surface area contributed by atoms with Gasteiger partial charge < -0.3 is 29.6 Å². The van der Waals surface area contributed by atoms with Gasteiger partial charge in [-0.1, -0.05) is 18.2 Å². The van der Waals surface area contributed by atoms with Gasteiger partial charge >= 0.3 is 0 Å². The van der Waals surface area contributed by atoms with Crippen LogP contribution in [-0.2, 0) is 13.1 Å². The number of nitrogens with one attached hydrogen (secondary N) is 2. The van der Waals surface area contributed by atoms with E-state index in [0.29, 0.717) is 30.5 Å². The molecule has 3 N–H and O–H groups in total. The van der Waals surface area contributed by atoms with Gasteiger partial charge in [-0.25, -0.2) is 4.99 Å². The van der Waals surface area contributed by atoms with E-state index in [1.165, 1.54) is 14.2 Å². The lowest BCUT2D eigenvalue weighted by Gasteiger charge is -2.12. The van der Waals surface area contributed by atoms with E-state index < -0.39 is 0 Å². The number of methoxy groups -OCH3 is 2. The highest BCUT2D eigenvalue weighted by atomic mass is 127. The van der Waals surface area contributed by atoms with Crippen LogP contribution < -0.4 is 20.1 Å². The number of rotatable bonds is 7. The Morgan fingerprint density at radius 2 is 1.77 bits per heavy atom. The predicted molar refractivity (Wildman–Crippen MR) is 129 cm³/mol. The third kappa shape index (κ3) is 5.29. The molecular formula is C22H28IN3O4. The van der Waals surface area contributed by atoms with E-state index in [0.717, 1.165) is 34.4 Å². The van der Waals surface area contributed by atoms with E-state index in [2.05, 4.69) is 28.6 Å². The first-order valence-electron chi connectivity index (χ1n) is 9.50. The van der Waals surface area contributed by atoms with E-state index in [4.69, 9.17) is 13.9 Å². The fourth-order valence-corrected chi connectivity index (χ4v) is 3.11. The minimum Gasteiger partial charge on any atom is -0.502 e. The Balaban J connectivity index is 0.00000320. The van der Waals surface area contributed by atoms with Crippen molar-refractivity contribution < 1.29 is 19.0 Å². The zero-order valence-electron chi connectivity index (χ0n) is 17.6. The lowest BCUT2D eigenvalue weighted by Crippen LogP contribution is -2.36. The van der Waals surface area contributed by atoms with Crippen LogP contribution in [0.4, 0.5) is 0 Å². The molecular weight excluding hydrogens is 497 g/mol. The third-order valence-corrected chi connectivity index (χ3v) is 4.66. The lowest BCUT2D eigenvalue weighted by molar-refractivity contribution is 0.339. The van der Waals surface area contributed by atoms with Crippen LogP contribution in [0.2, 0.25) is 0 Å². The highest BCUT2D eigenvalue weighted by Gasteiger charge is 2.12. The predicted octanol–water partition coefficient (Wildman–Crippen LogP) is 4.34. The minimum absolute atomic E-state index is 0. The number of benzene rings is 2. The van der Waals surface area contributed by atoms with Gasteiger partial charge in [0.05, 0.1) is 27.3 Å². The summed E-state index contributed by atoms with van der Waals surface area (Å²) >= 11 is 0. The molecule has 3 aromatic rings. The number of furan rings is 1. The Labute approximate surface area is 193 Å². The molecule has 0 amide bonds. The third-order valence-electron chi connectivity index (χ3n) is 4.66. The number of aromatic hydroxyl groups is 1. The van der Waals surface area contributed by atoms with Crippen LogP contribution in [0.25, 0.3) is 11.0 Å². The number of aliphatic imine (C=N–C) groups is 1. The Morgan fingerprint density at radius 1 is 1.10 bits per heavy atom. The van der Waals surface area contributed by atoms with Crippen LogP contribution in [0.15, 0.2) is 45.8 Å². The second kappa shape index (κ2) is 11.0. The van der Waals surface area contributed by atoms with E-state index >= 15 is 0 Å². The smallest absolute Gasteiger partial charge is 0.200 e. The summed E-state index contributed by atoms with van der Waals surface area (Å²) in [6.45, 7) is 5.71. The molecule has 7 nitrogen and oxygen atoms in total. The number of phenolic OH excluding ortho intramolecular Hbond substituents is 1. The molecule has 0 saturated heterocycles. The van der Waals surface area contributed by atoms with Crippen LogP contribution in [0.1, 0.15) is 23.8 Å². The van der Waals surface area contributed by atoms with Crippen LogP contribution in [0.5, 0.6) is 17.2 Å². The minimum atomic E-state index is -0.0203. The Bertz CT molecular complexity index is 992. The molecule has 0 radical (unpaired) electrons. The van der Waals surface area contributed by atoms with Crippen LogP contribution in [0.3, 0.4) is 0 Å². The van der Waals surface area contributed by atoms with Crippen molar-refractivity contribution in [2.45, 2.75) is 26.9 Å². The first kappa shape index (κ1) is 23.7. The first-order chi connectivity index (χ1) is 14.1. The van der Waals surface area contributed by atoms with Gasteiger partial charge in [-0.3, -0.25) is 0 Å². The van der Waals surface area contributed by atoms with Gasteiger partial charge in [0.2, 0.25) is 5.75 Å². The molecule has 3 rings (SSSR count). The van der Waals surface area contributed by atoms with E-state index in [1.807, 2.05) is 25.1 Å². The molecule has 162 valence electrons. The Kier molecular flexibility index (Phi) is 8.64. The van der Waals surface area contributed by atoms with Crippen LogP contribution in [0, 0.1) is 6.92 Å². The quantitative estimate of drug-likeness (QED) is 0.242. The summed E-state index contributed by atoms with van der Waals surface area (Å²) in [5, 5.41) is 17.7. The lowest BCUT2D eigenvalue weighted by atomic mass is 10.1. The standard InChI is InChI=1S/C22H27N3O4.HI/c1-5-23-22(24-12-15-10-18(27-3)21(26)19(11-15)28-4)25-13-20-14(2)16-8-6-7-9-17(16)29-20;/h6-11,26H,5,12-13H2,1-4H3,(H2,23,24,25);1H. The van der Waals surface area contributed by atoms with E-state index in [1.54, 1.807) is 12.1 Å². The van der Waals surface area contributed by atoms with Crippen molar-refractivity contribution in [1.29, 1.82) is 0 Å². The fraction of sp³-hybridized carbons (Fsp3) is 0.318. The number of fused-ring (bicyclic) bond motifs is 1. The number of phenols is 1. The van der Waals surface area contributed by atoms with Crippen molar-refractivity contribution in [3.05, 3.63) is 53.3 Å². The van der Waals surface area contributed by atoms with Crippen molar-refractivity contribution in [2.75, 3.05) is 20.8 Å². The Morgan fingerprint density at radius 3 is 2.37 bits per heavy atom. The molecule has 2 aromatic carbocycles. The Hall–Kier alpha value is -2.62. The van der Waals surface area contributed by atoms with Gasteiger partial charge in [-0.05, 0) is 37.6 Å². The monoisotopic (exact) mass is 525 g/mol. The van der Waals surface area contributed by atoms with Gasteiger partial charge in [0.15, 0.2) is 17.5 Å². The number of para-hydroxylation sites is 1. The maximum atomic E-state index is 10.1. The second-order valence-corrected chi connectivity index (χ2v) is 6.54. The summed E-state index contributed by atoms with van der Waals surface area (Å²) in [6.07, 6.45) is 0. The highest BCUT2D eigenvalue weighted by Crippen LogP contribution is 2.37. The summed E-state index contributed by atoms with van der Waals surface area (Å²) in [7, 11) is 3.01. The van der Waals surface area contributed by atoms with Crippen molar-refractivity contribution in [2.24, 2.45) is 4.99 Å². The summed E-state index contributed by atoms with van der Waals surface area (Å²) in [4.78, 5) is 4.62. The number of hydrogen-bond donors (Lipinski definition) is 3. The van der Waals surface area contributed by atoms with Crippen molar-refractivity contribution in [1.82, 2.24) is 10.6 Å². The number of halogens is 1. The largest absolute Gasteiger partial charge is 0.502 e. The van der Waals surface area contributed by atoms with Gasteiger partial charge in [0, 0.05) is 17.5 Å². The molecule has 0 aliphatic rings. The summed E-state index contributed by atoms with van der Waals surface area (Å²) in [5.74, 6) is 2.23. The number of guanidine groups is 1. The average molecular weight is 525 g/mol. The molecule has 0 fully saturated rings. The van der Waals surface area contributed by atoms with Gasteiger partial charge in [-0.15, -0.1) is 24.0 Å². The summed E-state index contributed by atoms with van der Waals surface area (Å²) < 4.78 is 16.4. The number of nitrogens with zero attached hydrogens (tertiary/aromatic N) is 1. The van der Waals surface area contributed by atoms with Crippen LogP contribution >= 0.6 is 24.0 Å². The van der Waals surface area contributed by atoms with Gasteiger partial charge in [0.1, 0.15) is 11.3 Å². The number of aryl methyl sites for hydroxylation is 1. The molecule has 0 bridgehead atoms. The topological polar surface area (TPSA) is 88.3 Å². The maximum Gasteiger partial charge on any atom is 0.200 e. The maximum absolute atomic E-state index is 10.1. The summed E-state index contributed by atoms with van der Waals surface area (Å²) in [5.41, 5.74) is 2.86. The SMILES string of the molecule is CCNC(=NCc1cc(OC)c(O)c(OC)c1)NCc1oc2ccccc2c1C.I. The van der Waals surface area contributed by atoms with E-state index in [9.17, 15) is 5.11 Å². The van der Waals surface area contributed by atoms with Crippen molar-refractivity contribution >= 4 is 40.9 Å². The molecule has 0 unspecified atom stereocenters. The van der Waals surface area contributed by atoms with Crippen molar-refractivity contribution in [3.8, 4) is 17.2 Å². The molecule has 8 heteroatoms. The molecule has 1 aromatic heterocycles. The number of ether oxygens (including phenoxy) is 2. The molecule has 1 heterocycles. The molecule has 30 heavy (non-hydrogen) atoms.